The summed E-state index contributed by atoms with van der Waals surface area (Å²) in [6.45, 7) is 3.47. The minimum Gasteiger partial charge on any atom is -0.507 e. The first-order valence-electron chi connectivity index (χ1n) is 15.3. The Labute approximate surface area is 275 Å². The van der Waals surface area contributed by atoms with Crippen molar-refractivity contribution >= 4 is 33.2 Å². The second kappa shape index (κ2) is 12.5. The van der Waals surface area contributed by atoms with E-state index in [0.29, 0.717) is 17.5 Å². The lowest BCUT2D eigenvalue weighted by molar-refractivity contribution is 0.0947. The van der Waals surface area contributed by atoms with E-state index in [-0.39, 0.29) is 68.3 Å². The standard InChI is InChI=1S/C39H33NO8/c1-20-15-24-26(17-29(42)37(46)33(24)28(41)14-13-22-9-5-3-6-10-22)35(44)31(20)32-21(2)16-25-27(36(32)45)18-30(43)38(47)34(25)39(48)40-19-23-11-7-4-8-12-23/h3-12,15-18,42-47H,13-14,19H2,1-2H3,(H,40,48). The number of nitrogens with one attached hydrogen (secondary N) is 1. The van der Waals surface area contributed by atoms with Crippen molar-refractivity contribution in [2.75, 3.05) is 0 Å². The molecule has 1 amide bonds. The summed E-state index contributed by atoms with van der Waals surface area (Å²) < 4.78 is 0. The minimum atomic E-state index is -0.673. The molecular weight excluding hydrogens is 610 g/mol. The third kappa shape index (κ3) is 5.55. The van der Waals surface area contributed by atoms with E-state index in [4.69, 9.17) is 0 Å². The summed E-state index contributed by atoms with van der Waals surface area (Å²) >= 11 is 0. The lowest BCUT2D eigenvalue weighted by atomic mass is 9.86. The fourth-order valence-electron chi connectivity index (χ4n) is 6.30. The van der Waals surface area contributed by atoms with Crippen LogP contribution in [0.15, 0.2) is 84.9 Å². The fraction of sp³-hybridized carbons (Fsp3) is 0.128. The summed E-state index contributed by atoms with van der Waals surface area (Å²) in [6.07, 6.45) is 0.442. The smallest absolute Gasteiger partial charge is 0.256 e. The van der Waals surface area contributed by atoms with Crippen LogP contribution in [0.25, 0.3) is 32.7 Å². The van der Waals surface area contributed by atoms with Gasteiger partial charge in [-0.15, -0.1) is 0 Å². The average Bonchev–Trinajstić information content (AvgIpc) is 3.07. The first-order chi connectivity index (χ1) is 23.0. The van der Waals surface area contributed by atoms with Gasteiger partial charge in [-0.2, -0.15) is 0 Å². The third-order valence-electron chi connectivity index (χ3n) is 8.67. The number of phenolic OH excluding ortho intramolecular Hbond substituents is 6. The van der Waals surface area contributed by atoms with Gasteiger partial charge in [0, 0.05) is 45.6 Å². The molecule has 0 spiro atoms. The zero-order chi connectivity index (χ0) is 34.3. The molecule has 0 aliphatic rings. The number of amides is 1. The van der Waals surface area contributed by atoms with E-state index in [1.165, 1.54) is 0 Å². The van der Waals surface area contributed by atoms with E-state index in [0.717, 1.165) is 23.3 Å². The number of hydrogen-bond acceptors (Lipinski definition) is 8. The molecule has 9 heteroatoms. The SMILES string of the molecule is Cc1cc2c(C(=O)CCc3ccccc3)c(O)c(O)cc2c(O)c1-c1c(C)cc2c(C(=O)NCc3ccccc3)c(O)c(O)cc2c1O. The Hall–Kier alpha value is -6.22. The van der Waals surface area contributed by atoms with Crippen LogP contribution in [-0.4, -0.2) is 42.3 Å². The first kappa shape index (κ1) is 31.7. The Morgan fingerprint density at radius 1 is 0.562 bits per heavy atom. The molecule has 6 aromatic rings. The van der Waals surface area contributed by atoms with Gasteiger partial charge in [-0.3, -0.25) is 9.59 Å². The molecule has 48 heavy (non-hydrogen) atoms. The number of hydrogen-bond donors (Lipinski definition) is 7. The van der Waals surface area contributed by atoms with Crippen molar-refractivity contribution in [2.24, 2.45) is 0 Å². The van der Waals surface area contributed by atoms with Gasteiger partial charge in [0.05, 0.1) is 11.1 Å². The summed E-state index contributed by atoms with van der Waals surface area (Å²) in [6, 6.07) is 24.0. The lowest BCUT2D eigenvalue weighted by Gasteiger charge is -2.20. The van der Waals surface area contributed by atoms with E-state index < -0.39 is 34.7 Å². The maximum Gasteiger partial charge on any atom is 0.256 e. The van der Waals surface area contributed by atoms with E-state index >= 15 is 0 Å². The van der Waals surface area contributed by atoms with Crippen LogP contribution in [0, 0.1) is 13.8 Å². The second-order valence-corrected chi connectivity index (χ2v) is 11.8. The van der Waals surface area contributed by atoms with E-state index in [9.17, 15) is 40.2 Å². The summed E-state index contributed by atoms with van der Waals surface area (Å²) in [5.74, 6) is -4.31. The number of benzene rings is 6. The number of ketones is 1. The third-order valence-corrected chi connectivity index (χ3v) is 8.67. The van der Waals surface area contributed by atoms with Gasteiger partial charge >= 0.3 is 0 Å². The highest BCUT2D eigenvalue weighted by Crippen LogP contribution is 2.51. The van der Waals surface area contributed by atoms with Crippen molar-refractivity contribution < 1.29 is 40.2 Å². The number of aromatic hydroxyl groups is 6. The number of Topliss-reactive ketones (excluding diaryl/α,β-unsaturated/α-hetero) is 1. The van der Waals surface area contributed by atoms with Crippen LogP contribution in [0.5, 0.6) is 34.5 Å². The van der Waals surface area contributed by atoms with Crippen LogP contribution in [-0.2, 0) is 13.0 Å². The van der Waals surface area contributed by atoms with Gasteiger partial charge in [-0.1, -0.05) is 60.7 Å². The van der Waals surface area contributed by atoms with Gasteiger partial charge in [0.25, 0.3) is 5.91 Å². The lowest BCUT2D eigenvalue weighted by Crippen LogP contribution is -2.23. The number of fused-ring (bicyclic) bond motifs is 2. The van der Waals surface area contributed by atoms with Crippen LogP contribution in [0.2, 0.25) is 0 Å². The maximum absolute atomic E-state index is 13.4. The fourth-order valence-corrected chi connectivity index (χ4v) is 6.30. The summed E-state index contributed by atoms with van der Waals surface area (Å²) in [5.41, 5.74) is 2.58. The predicted molar refractivity (Wildman–Crippen MR) is 183 cm³/mol. The molecule has 0 fully saturated rings. The molecule has 9 nitrogen and oxygen atoms in total. The van der Waals surface area contributed by atoms with Crippen molar-refractivity contribution in [3.8, 4) is 45.6 Å². The number of phenols is 6. The zero-order valence-electron chi connectivity index (χ0n) is 26.2. The average molecular weight is 644 g/mol. The zero-order valence-corrected chi connectivity index (χ0v) is 26.2. The molecule has 0 aromatic heterocycles. The molecule has 0 saturated heterocycles. The molecule has 0 saturated carbocycles. The molecule has 242 valence electrons. The van der Waals surface area contributed by atoms with Gasteiger partial charge in [0.15, 0.2) is 28.8 Å². The molecule has 0 radical (unpaired) electrons. The van der Waals surface area contributed by atoms with Crippen LogP contribution in [0.1, 0.15) is 49.4 Å². The summed E-state index contributed by atoms with van der Waals surface area (Å²) in [7, 11) is 0. The van der Waals surface area contributed by atoms with Gasteiger partial charge < -0.3 is 36.0 Å². The molecule has 0 unspecified atom stereocenters. The van der Waals surface area contributed by atoms with Gasteiger partial charge in [0.2, 0.25) is 0 Å². The molecule has 0 atom stereocenters. The molecule has 6 aromatic carbocycles. The van der Waals surface area contributed by atoms with Crippen molar-refractivity contribution in [2.45, 2.75) is 33.2 Å². The van der Waals surface area contributed by atoms with Gasteiger partial charge in [0.1, 0.15) is 11.5 Å². The topological polar surface area (TPSA) is 168 Å². The minimum absolute atomic E-state index is 0.0415. The number of aryl methyl sites for hydroxylation is 3. The van der Waals surface area contributed by atoms with Crippen LogP contribution >= 0.6 is 0 Å². The Bertz CT molecular complexity index is 2090. The molecule has 0 heterocycles. The van der Waals surface area contributed by atoms with E-state index in [1.54, 1.807) is 26.0 Å². The largest absolute Gasteiger partial charge is 0.507 e. The second-order valence-electron chi connectivity index (χ2n) is 11.8. The van der Waals surface area contributed by atoms with E-state index in [2.05, 4.69) is 5.32 Å². The maximum atomic E-state index is 13.4. The highest BCUT2D eigenvalue weighted by Gasteiger charge is 2.27. The monoisotopic (exact) mass is 643 g/mol. The molecular formula is C39H33NO8. The Kier molecular flexibility index (Phi) is 8.28. The normalized spacial score (nSPS) is 11.2. The Morgan fingerprint density at radius 3 is 1.54 bits per heavy atom. The van der Waals surface area contributed by atoms with Crippen LogP contribution in [0.4, 0.5) is 0 Å². The summed E-state index contributed by atoms with van der Waals surface area (Å²) in [4.78, 5) is 26.8. The van der Waals surface area contributed by atoms with Gasteiger partial charge in [-0.05, 0) is 66.8 Å². The Morgan fingerprint density at radius 2 is 1.02 bits per heavy atom. The van der Waals surface area contributed by atoms with Crippen molar-refractivity contribution in [3.63, 3.8) is 0 Å². The quantitative estimate of drug-likeness (QED) is 0.0672. The van der Waals surface area contributed by atoms with Crippen molar-refractivity contribution in [1.82, 2.24) is 5.32 Å². The van der Waals surface area contributed by atoms with Gasteiger partial charge in [-0.25, -0.2) is 0 Å². The molecule has 6 rings (SSSR count). The van der Waals surface area contributed by atoms with Crippen molar-refractivity contribution in [3.05, 3.63) is 118 Å². The molecule has 0 bridgehead atoms. The molecule has 0 aliphatic heterocycles. The highest BCUT2D eigenvalue weighted by atomic mass is 16.3. The number of carbonyl (C=O) groups excluding carboxylic acids is 2. The van der Waals surface area contributed by atoms with Crippen LogP contribution in [0.3, 0.4) is 0 Å². The van der Waals surface area contributed by atoms with Crippen LogP contribution < -0.4 is 5.32 Å². The highest BCUT2D eigenvalue weighted by molar-refractivity contribution is 6.16. The Balaban J connectivity index is 1.47. The first-order valence-corrected chi connectivity index (χ1v) is 15.3. The van der Waals surface area contributed by atoms with E-state index in [1.807, 2.05) is 60.7 Å². The number of carbonyl (C=O) groups is 2. The summed E-state index contributed by atoms with van der Waals surface area (Å²) in [5, 5.41) is 69.4. The molecule has 7 N–H and O–H groups in total. The molecule has 0 aliphatic carbocycles. The number of rotatable bonds is 8. The van der Waals surface area contributed by atoms with Crippen molar-refractivity contribution in [1.29, 1.82) is 0 Å². The predicted octanol–water partition coefficient (Wildman–Crippen LogP) is 7.26.